The van der Waals surface area contributed by atoms with Crippen molar-refractivity contribution in [2.45, 2.75) is 13.1 Å². The van der Waals surface area contributed by atoms with Crippen molar-refractivity contribution in [3.63, 3.8) is 0 Å². The summed E-state index contributed by atoms with van der Waals surface area (Å²) < 4.78 is 5.65. The first-order chi connectivity index (χ1) is 11.6. The van der Waals surface area contributed by atoms with Crippen LogP contribution in [0.4, 0.5) is 0 Å². The summed E-state index contributed by atoms with van der Waals surface area (Å²) in [6.07, 6.45) is 0. The molecule has 0 saturated heterocycles. The molecule has 0 aliphatic heterocycles. The molecular formula is C19H25N3O2. The summed E-state index contributed by atoms with van der Waals surface area (Å²) in [6, 6.07) is 15.1. The molecule has 0 aliphatic carbocycles. The topological polar surface area (TPSA) is 67.6 Å². The summed E-state index contributed by atoms with van der Waals surface area (Å²) >= 11 is 0. The smallest absolute Gasteiger partial charge is 0.251 e. The minimum absolute atomic E-state index is 0.0927. The highest BCUT2D eigenvalue weighted by Gasteiger charge is 2.05. The highest BCUT2D eigenvalue weighted by atomic mass is 16.5. The molecule has 2 aromatic carbocycles. The largest absolute Gasteiger partial charge is 0.492 e. The SMILES string of the molecule is CN(C)CCOc1ccc(CNC(=O)c2ccc(CN)cc2)cc1. The molecule has 5 nitrogen and oxygen atoms in total. The lowest BCUT2D eigenvalue weighted by Crippen LogP contribution is -2.22. The number of nitrogens with one attached hydrogen (secondary N) is 1. The molecule has 2 aromatic rings. The first kappa shape index (κ1) is 18.0. The number of carbonyl (C=O) groups excluding carboxylic acids is 1. The van der Waals surface area contributed by atoms with Crippen LogP contribution < -0.4 is 15.8 Å². The molecule has 0 aliphatic rings. The van der Waals surface area contributed by atoms with E-state index < -0.39 is 0 Å². The monoisotopic (exact) mass is 327 g/mol. The van der Waals surface area contributed by atoms with Crippen molar-refractivity contribution in [2.75, 3.05) is 27.2 Å². The lowest BCUT2D eigenvalue weighted by atomic mass is 10.1. The molecule has 128 valence electrons. The predicted octanol–water partition coefficient (Wildman–Crippen LogP) is 2.02. The highest BCUT2D eigenvalue weighted by molar-refractivity contribution is 5.94. The lowest BCUT2D eigenvalue weighted by molar-refractivity contribution is 0.0951. The quantitative estimate of drug-likeness (QED) is 0.778. The van der Waals surface area contributed by atoms with Crippen LogP contribution in [0.2, 0.25) is 0 Å². The Morgan fingerprint density at radius 2 is 1.67 bits per heavy atom. The van der Waals surface area contributed by atoms with Crippen LogP contribution in [0, 0.1) is 0 Å². The number of benzene rings is 2. The van der Waals surface area contributed by atoms with Gasteiger partial charge in [0.1, 0.15) is 12.4 Å². The van der Waals surface area contributed by atoms with E-state index in [4.69, 9.17) is 10.5 Å². The van der Waals surface area contributed by atoms with Gasteiger partial charge in [-0.15, -0.1) is 0 Å². The summed E-state index contributed by atoms with van der Waals surface area (Å²) in [5.41, 5.74) is 8.23. The van der Waals surface area contributed by atoms with E-state index in [1.807, 2.05) is 50.5 Å². The number of amides is 1. The Morgan fingerprint density at radius 1 is 1.04 bits per heavy atom. The molecule has 0 unspecified atom stereocenters. The van der Waals surface area contributed by atoms with E-state index in [9.17, 15) is 4.79 Å². The zero-order valence-corrected chi connectivity index (χ0v) is 14.3. The van der Waals surface area contributed by atoms with Gasteiger partial charge in [0.15, 0.2) is 0 Å². The van der Waals surface area contributed by atoms with Crippen LogP contribution >= 0.6 is 0 Å². The third-order valence-electron chi connectivity index (χ3n) is 3.64. The molecule has 0 bridgehead atoms. The van der Waals surface area contributed by atoms with Crippen molar-refractivity contribution >= 4 is 5.91 Å². The second-order valence-corrected chi connectivity index (χ2v) is 5.88. The number of ether oxygens (including phenoxy) is 1. The maximum absolute atomic E-state index is 12.1. The predicted molar refractivity (Wildman–Crippen MR) is 96.0 cm³/mol. The minimum Gasteiger partial charge on any atom is -0.492 e. The van der Waals surface area contributed by atoms with E-state index in [0.29, 0.717) is 25.3 Å². The fourth-order valence-electron chi connectivity index (χ4n) is 2.13. The Morgan fingerprint density at radius 3 is 2.25 bits per heavy atom. The molecule has 0 atom stereocenters. The van der Waals surface area contributed by atoms with Crippen molar-refractivity contribution < 1.29 is 9.53 Å². The first-order valence-corrected chi connectivity index (χ1v) is 8.02. The van der Waals surface area contributed by atoms with Crippen LogP contribution in [-0.2, 0) is 13.1 Å². The Kier molecular flexibility index (Phi) is 6.78. The average Bonchev–Trinajstić information content (AvgIpc) is 2.60. The lowest BCUT2D eigenvalue weighted by Gasteiger charge is -2.11. The second kappa shape index (κ2) is 9.05. The summed E-state index contributed by atoms with van der Waals surface area (Å²) in [6.45, 7) is 2.49. The molecule has 0 heterocycles. The molecule has 24 heavy (non-hydrogen) atoms. The molecule has 0 fully saturated rings. The summed E-state index contributed by atoms with van der Waals surface area (Å²) in [4.78, 5) is 14.2. The first-order valence-electron chi connectivity index (χ1n) is 8.02. The van der Waals surface area contributed by atoms with Crippen molar-refractivity contribution in [1.29, 1.82) is 0 Å². The Balaban J connectivity index is 1.81. The molecule has 3 N–H and O–H groups in total. The maximum Gasteiger partial charge on any atom is 0.251 e. The van der Waals surface area contributed by atoms with Crippen molar-refractivity contribution in [1.82, 2.24) is 10.2 Å². The van der Waals surface area contributed by atoms with Crippen molar-refractivity contribution in [2.24, 2.45) is 5.73 Å². The molecular weight excluding hydrogens is 302 g/mol. The van der Waals surface area contributed by atoms with Crippen molar-refractivity contribution in [3.8, 4) is 5.75 Å². The molecule has 1 amide bonds. The van der Waals surface area contributed by atoms with Gasteiger partial charge in [-0.05, 0) is 49.5 Å². The van der Waals surface area contributed by atoms with Gasteiger partial charge >= 0.3 is 0 Å². The highest BCUT2D eigenvalue weighted by Crippen LogP contribution is 2.12. The number of rotatable bonds is 8. The van der Waals surface area contributed by atoms with Gasteiger partial charge in [0.05, 0.1) is 0 Å². The minimum atomic E-state index is -0.0927. The van der Waals surface area contributed by atoms with Crippen LogP contribution in [0.1, 0.15) is 21.5 Å². The summed E-state index contributed by atoms with van der Waals surface area (Å²) in [5.74, 6) is 0.745. The van der Waals surface area contributed by atoms with E-state index in [0.717, 1.165) is 23.4 Å². The molecule has 5 heteroatoms. The average molecular weight is 327 g/mol. The molecule has 0 saturated carbocycles. The summed E-state index contributed by atoms with van der Waals surface area (Å²) in [5, 5.41) is 2.91. The van der Waals surface area contributed by atoms with E-state index in [2.05, 4.69) is 10.2 Å². The maximum atomic E-state index is 12.1. The van der Waals surface area contributed by atoms with E-state index in [1.165, 1.54) is 0 Å². The van der Waals surface area contributed by atoms with Gasteiger partial charge in [0, 0.05) is 25.2 Å². The Hall–Kier alpha value is -2.37. The third-order valence-corrected chi connectivity index (χ3v) is 3.64. The standard InChI is InChI=1S/C19H25N3O2/c1-22(2)11-12-24-18-9-5-16(6-10-18)14-21-19(23)17-7-3-15(13-20)4-8-17/h3-10H,11-14,20H2,1-2H3,(H,21,23). The van der Waals surface area contributed by atoms with Gasteiger partial charge in [0.25, 0.3) is 5.91 Å². The van der Waals surface area contributed by atoms with Crippen LogP contribution in [0.5, 0.6) is 5.75 Å². The molecule has 0 aromatic heterocycles. The molecule has 2 rings (SSSR count). The number of hydrogen-bond donors (Lipinski definition) is 2. The van der Waals surface area contributed by atoms with E-state index in [-0.39, 0.29) is 5.91 Å². The summed E-state index contributed by atoms with van der Waals surface area (Å²) in [7, 11) is 4.03. The van der Waals surface area contributed by atoms with E-state index in [1.54, 1.807) is 12.1 Å². The Labute approximate surface area is 143 Å². The molecule has 0 radical (unpaired) electrons. The van der Waals surface area contributed by atoms with Gasteiger partial charge < -0.3 is 20.7 Å². The van der Waals surface area contributed by atoms with Crippen LogP contribution in [0.3, 0.4) is 0 Å². The third kappa shape index (κ3) is 5.68. The van der Waals surface area contributed by atoms with E-state index >= 15 is 0 Å². The van der Waals surface area contributed by atoms with Crippen molar-refractivity contribution in [3.05, 3.63) is 65.2 Å². The van der Waals surface area contributed by atoms with Gasteiger partial charge in [-0.3, -0.25) is 4.79 Å². The molecule has 0 spiro atoms. The van der Waals surface area contributed by atoms with Crippen LogP contribution in [-0.4, -0.2) is 38.1 Å². The fourth-order valence-corrected chi connectivity index (χ4v) is 2.13. The zero-order chi connectivity index (χ0) is 17.4. The number of nitrogens with two attached hydrogens (primary N) is 1. The van der Waals surface area contributed by atoms with Gasteiger partial charge in [-0.1, -0.05) is 24.3 Å². The Bertz CT molecular complexity index is 637. The number of likely N-dealkylation sites (N-methyl/N-ethyl adjacent to an activating group) is 1. The fraction of sp³-hybridized carbons (Fsp3) is 0.316. The van der Waals surface area contributed by atoms with Crippen LogP contribution in [0.15, 0.2) is 48.5 Å². The van der Waals surface area contributed by atoms with Crippen LogP contribution in [0.25, 0.3) is 0 Å². The zero-order valence-electron chi connectivity index (χ0n) is 14.3. The normalized spacial score (nSPS) is 10.7. The second-order valence-electron chi connectivity index (χ2n) is 5.88. The number of nitrogens with zero attached hydrogens (tertiary/aromatic N) is 1. The van der Waals surface area contributed by atoms with Gasteiger partial charge in [-0.25, -0.2) is 0 Å². The van der Waals surface area contributed by atoms with Gasteiger partial charge in [0.2, 0.25) is 0 Å². The number of carbonyl (C=O) groups is 1. The van der Waals surface area contributed by atoms with Gasteiger partial charge in [-0.2, -0.15) is 0 Å². The number of hydrogen-bond acceptors (Lipinski definition) is 4.